The molecule has 1 heterocycles. The van der Waals surface area contributed by atoms with Gasteiger partial charge in [0.2, 0.25) is 0 Å². The molecule has 0 radical (unpaired) electrons. The first-order valence-electron chi connectivity index (χ1n) is 4.77. The lowest BCUT2D eigenvalue weighted by Gasteiger charge is -2.04. The minimum absolute atomic E-state index is 1.12. The van der Waals surface area contributed by atoms with E-state index in [0.717, 1.165) is 4.47 Å². The van der Waals surface area contributed by atoms with E-state index in [1.165, 1.54) is 21.5 Å². The number of rotatable bonds is 0. The predicted molar refractivity (Wildman–Crippen MR) is 66.9 cm³/mol. The number of benzene rings is 2. The Balaban J connectivity index is 2.64. The molecule has 72 valence electrons. The Morgan fingerprint density at radius 2 is 1.80 bits per heavy atom. The maximum atomic E-state index is 4.18. The molecule has 0 spiro atoms. The van der Waals surface area contributed by atoms with E-state index in [4.69, 9.17) is 0 Å². The van der Waals surface area contributed by atoms with Gasteiger partial charge >= 0.3 is 0 Å². The van der Waals surface area contributed by atoms with Crippen molar-refractivity contribution in [3.63, 3.8) is 0 Å². The van der Waals surface area contributed by atoms with Crippen LogP contribution in [-0.4, -0.2) is 4.98 Å². The molecule has 15 heavy (non-hydrogen) atoms. The van der Waals surface area contributed by atoms with Crippen molar-refractivity contribution in [1.29, 1.82) is 0 Å². The number of pyridine rings is 1. The number of aromatic nitrogens is 1. The molecule has 0 aliphatic heterocycles. The molecule has 2 heteroatoms. The standard InChI is InChI=1S/C13H8BrN/c14-13-7-9-3-1-2-4-10(9)12-8-15-6-5-11(12)13/h1-8H. The highest BCUT2D eigenvalue weighted by Crippen LogP contribution is 2.30. The van der Waals surface area contributed by atoms with Crippen molar-refractivity contribution in [3.8, 4) is 0 Å². The number of halogens is 1. The van der Waals surface area contributed by atoms with Crippen LogP contribution in [0.25, 0.3) is 21.5 Å². The van der Waals surface area contributed by atoms with Gasteiger partial charge < -0.3 is 0 Å². The van der Waals surface area contributed by atoms with Gasteiger partial charge in [0.1, 0.15) is 0 Å². The van der Waals surface area contributed by atoms with E-state index in [2.05, 4.69) is 51.2 Å². The van der Waals surface area contributed by atoms with Gasteiger partial charge in [-0.3, -0.25) is 4.98 Å². The van der Waals surface area contributed by atoms with Crippen LogP contribution in [0.1, 0.15) is 0 Å². The second kappa shape index (κ2) is 3.31. The third kappa shape index (κ3) is 1.33. The summed E-state index contributed by atoms with van der Waals surface area (Å²) in [7, 11) is 0. The lowest BCUT2D eigenvalue weighted by Crippen LogP contribution is -1.80. The second-order valence-electron chi connectivity index (χ2n) is 3.50. The van der Waals surface area contributed by atoms with Crippen molar-refractivity contribution in [2.75, 3.05) is 0 Å². The van der Waals surface area contributed by atoms with Crippen LogP contribution in [0, 0.1) is 0 Å². The first kappa shape index (κ1) is 8.86. The molecule has 0 saturated heterocycles. The lowest BCUT2D eigenvalue weighted by atomic mass is 10.0. The molecule has 0 aliphatic rings. The molecular weight excluding hydrogens is 250 g/mol. The maximum Gasteiger partial charge on any atom is 0.0352 e. The molecular formula is C13H8BrN. The van der Waals surface area contributed by atoms with Gasteiger partial charge in [0.05, 0.1) is 0 Å². The zero-order valence-corrected chi connectivity index (χ0v) is 9.53. The van der Waals surface area contributed by atoms with E-state index in [0.29, 0.717) is 0 Å². The summed E-state index contributed by atoms with van der Waals surface area (Å²) in [6.07, 6.45) is 3.74. The van der Waals surface area contributed by atoms with Crippen molar-refractivity contribution in [3.05, 3.63) is 53.3 Å². The highest BCUT2D eigenvalue weighted by molar-refractivity contribution is 9.10. The van der Waals surface area contributed by atoms with Crippen molar-refractivity contribution in [2.24, 2.45) is 0 Å². The number of hydrogen-bond acceptors (Lipinski definition) is 1. The third-order valence-electron chi connectivity index (χ3n) is 2.61. The Bertz CT molecular complexity index is 646. The summed E-state index contributed by atoms with van der Waals surface area (Å²) in [5.74, 6) is 0. The number of hydrogen-bond donors (Lipinski definition) is 0. The van der Waals surface area contributed by atoms with Crippen LogP contribution < -0.4 is 0 Å². The molecule has 0 N–H and O–H groups in total. The normalized spacial score (nSPS) is 11.0. The van der Waals surface area contributed by atoms with Gasteiger partial charge in [-0.05, 0) is 28.3 Å². The first-order valence-corrected chi connectivity index (χ1v) is 5.56. The fraction of sp³-hybridized carbons (Fsp3) is 0. The van der Waals surface area contributed by atoms with E-state index in [-0.39, 0.29) is 0 Å². The van der Waals surface area contributed by atoms with Crippen molar-refractivity contribution in [2.45, 2.75) is 0 Å². The topological polar surface area (TPSA) is 12.9 Å². The summed E-state index contributed by atoms with van der Waals surface area (Å²) in [5.41, 5.74) is 0. The summed E-state index contributed by atoms with van der Waals surface area (Å²) >= 11 is 3.59. The molecule has 0 amide bonds. The fourth-order valence-electron chi connectivity index (χ4n) is 1.90. The smallest absolute Gasteiger partial charge is 0.0352 e. The Hall–Kier alpha value is -1.41. The predicted octanol–water partition coefficient (Wildman–Crippen LogP) is 4.15. The van der Waals surface area contributed by atoms with Gasteiger partial charge in [0, 0.05) is 22.3 Å². The van der Waals surface area contributed by atoms with Crippen molar-refractivity contribution in [1.82, 2.24) is 4.98 Å². The number of nitrogens with zero attached hydrogens (tertiary/aromatic N) is 1. The lowest BCUT2D eigenvalue weighted by molar-refractivity contribution is 1.37. The average Bonchev–Trinajstić information content (AvgIpc) is 2.30. The fourth-order valence-corrected chi connectivity index (χ4v) is 2.49. The molecule has 0 fully saturated rings. The molecule has 0 atom stereocenters. The monoisotopic (exact) mass is 257 g/mol. The Morgan fingerprint density at radius 1 is 0.933 bits per heavy atom. The highest BCUT2D eigenvalue weighted by Gasteiger charge is 2.03. The molecule has 3 rings (SSSR count). The zero-order valence-electron chi connectivity index (χ0n) is 7.94. The second-order valence-corrected chi connectivity index (χ2v) is 4.36. The summed E-state index contributed by atoms with van der Waals surface area (Å²) in [6.45, 7) is 0. The molecule has 0 aliphatic carbocycles. The van der Waals surface area contributed by atoms with Gasteiger partial charge in [0.15, 0.2) is 0 Å². The van der Waals surface area contributed by atoms with Crippen LogP contribution >= 0.6 is 15.9 Å². The summed E-state index contributed by atoms with van der Waals surface area (Å²) in [6, 6.07) is 12.5. The molecule has 1 nitrogen and oxygen atoms in total. The molecule has 0 saturated carbocycles. The van der Waals surface area contributed by atoms with Gasteiger partial charge in [-0.2, -0.15) is 0 Å². The Kier molecular flexibility index (Phi) is 1.96. The summed E-state index contributed by atoms with van der Waals surface area (Å²) in [4.78, 5) is 4.18. The van der Waals surface area contributed by atoms with Crippen molar-refractivity contribution < 1.29 is 0 Å². The van der Waals surface area contributed by atoms with Crippen LogP contribution in [0.4, 0.5) is 0 Å². The average molecular weight is 258 g/mol. The third-order valence-corrected chi connectivity index (χ3v) is 3.27. The van der Waals surface area contributed by atoms with Gasteiger partial charge in [0.25, 0.3) is 0 Å². The Morgan fingerprint density at radius 3 is 2.73 bits per heavy atom. The minimum Gasteiger partial charge on any atom is -0.264 e. The summed E-state index contributed by atoms with van der Waals surface area (Å²) < 4.78 is 1.12. The van der Waals surface area contributed by atoms with Crippen LogP contribution in [0.2, 0.25) is 0 Å². The van der Waals surface area contributed by atoms with E-state index in [9.17, 15) is 0 Å². The van der Waals surface area contributed by atoms with E-state index < -0.39 is 0 Å². The van der Waals surface area contributed by atoms with Crippen LogP contribution in [0.5, 0.6) is 0 Å². The molecule has 1 aromatic heterocycles. The molecule has 0 bridgehead atoms. The molecule has 0 unspecified atom stereocenters. The minimum atomic E-state index is 1.12. The van der Waals surface area contributed by atoms with E-state index in [1.54, 1.807) is 0 Å². The van der Waals surface area contributed by atoms with E-state index >= 15 is 0 Å². The zero-order chi connectivity index (χ0) is 10.3. The van der Waals surface area contributed by atoms with Gasteiger partial charge in [-0.25, -0.2) is 0 Å². The van der Waals surface area contributed by atoms with E-state index in [1.807, 2.05) is 18.5 Å². The summed E-state index contributed by atoms with van der Waals surface area (Å²) in [5, 5.41) is 4.90. The largest absolute Gasteiger partial charge is 0.264 e. The highest BCUT2D eigenvalue weighted by atomic mass is 79.9. The first-order chi connectivity index (χ1) is 7.36. The molecule has 2 aromatic carbocycles. The SMILES string of the molecule is Brc1cc2ccccc2c2cnccc12. The number of fused-ring (bicyclic) bond motifs is 3. The molecule has 3 aromatic rings. The maximum absolute atomic E-state index is 4.18. The quantitative estimate of drug-likeness (QED) is 0.552. The van der Waals surface area contributed by atoms with Gasteiger partial charge in [-0.1, -0.05) is 40.2 Å². The van der Waals surface area contributed by atoms with Crippen LogP contribution in [0.3, 0.4) is 0 Å². The van der Waals surface area contributed by atoms with Gasteiger partial charge in [-0.15, -0.1) is 0 Å². The van der Waals surface area contributed by atoms with Crippen LogP contribution in [-0.2, 0) is 0 Å². The Labute approximate surface area is 95.9 Å². The van der Waals surface area contributed by atoms with Crippen LogP contribution in [0.15, 0.2) is 53.3 Å². The van der Waals surface area contributed by atoms with Crippen molar-refractivity contribution >= 4 is 37.5 Å².